The molecule has 0 unspecified atom stereocenters. The standard InChI is InChI=1S/C9H14F3NO2.ClH/c1-8(7(14)15)2-4-13(5-3-8)6-9(10,11)12;/h2-6H2,1H3,(H,14,15);1H. The molecule has 7 heteroatoms. The molecule has 0 saturated carbocycles. The van der Waals surface area contributed by atoms with Crippen molar-refractivity contribution in [2.75, 3.05) is 19.6 Å². The van der Waals surface area contributed by atoms with Crippen LogP contribution in [-0.4, -0.2) is 41.8 Å². The van der Waals surface area contributed by atoms with E-state index in [1.165, 1.54) is 4.90 Å². The Balaban J connectivity index is 0.00000225. The van der Waals surface area contributed by atoms with Gasteiger partial charge in [0, 0.05) is 0 Å². The number of halogens is 4. The lowest BCUT2D eigenvalue weighted by Crippen LogP contribution is -2.45. The number of carboxylic acids is 1. The van der Waals surface area contributed by atoms with Crippen LogP contribution in [0.3, 0.4) is 0 Å². The van der Waals surface area contributed by atoms with Gasteiger partial charge in [-0.25, -0.2) is 0 Å². The number of likely N-dealkylation sites (tertiary alicyclic amines) is 1. The van der Waals surface area contributed by atoms with Gasteiger partial charge in [-0.15, -0.1) is 12.4 Å². The Morgan fingerprint density at radius 1 is 1.38 bits per heavy atom. The van der Waals surface area contributed by atoms with E-state index in [1.807, 2.05) is 0 Å². The minimum absolute atomic E-state index is 0. The van der Waals surface area contributed by atoms with Crippen LogP contribution in [0.2, 0.25) is 0 Å². The van der Waals surface area contributed by atoms with Crippen molar-refractivity contribution >= 4 is 18.4 Å². The molecule has 1 saturated heterocycles. The van der Waals surface area contributed by atoms with Gasteiger partial charge in [0.1, 0.15) is 0 Å². The maximum absolute atomic E-state index is 12.0. The molecule has 0 amide bonds. The van der Waals surface area contributed by atoms with Crippen LogP contribution >= 0.6 is 12.4 Å². The molecule has 1 aliphatic heterocycles. The summed E-state index contributed by atoms with van der Waals surface area (Å²) in [5.41, 5.74) is -0.859. The third-order valence-electron chi connectivity index (χ3n) is 2.88. The van der Waals surface area contributed by atoms with E-state index in [9.17, 15) is 18.0 Å². The van der Waals surface area contributed by atoms with E-state index in [-0.39, 0.29) is 38.3 Å². The predicted octanol–water partition coefficient (Wildman–Crippen LogP) is 2.16. The smallest absolute Gasteiger partial charge is 0.401 e. The summed E-state index contributed by atoms with van der Waals surface area (Å²) < 4.78 is 36.1. The molecule has 0 aromatic heterocycles. The van der Waals surface area contributed by atoms with Gasteiger partial charge in [0.15, 0.2) is 0 Å². The maximum Gasteiger partial charge on any atom is 0.401 e. The Morgan fingerprint density at radius 3 is 2.12 bits per heavy atom. The summed E-state index contributed by atoms with van der Waals surface area (Å²) in [5.74, 6) is -0.922. The van der Waals surface area contributed by atoms with Crippen molar-refractivity contribution in [3.8, 4) is 0 Å². The third-order valence-corrected chi connectivity index (χ3v) is 2.88. The van der Waals surface area contributed by atoms with Gasteiger partial charge in [-0.3, -0.25) is 9.69 Å². The second-order valence-electron chi connectivity index (χ2n) is 4.26. The summed E-state index contributed by atoms with van der Waals surface area (Å²) >= 11 is 0. The predicted molar refractivity (Wildman–Crippen MR) is 54.7 cm³/mol. The highest BCUT2D eigenvalue weighted by molar-refractivity contribution is 5.85. The van der Waals surface area contributed by atoms with Crippen molar-refractivity contribution in [2.24, 2.45) is 5.41 Å². The topological polar surface area (TPSA) is 40.5 Å². The molecule has 0 radical (unpaired) electrons. The van der Waals surface area contributed by atoms with Gasteiger partial charge in [0.2, 0.25) is 0 Å². The van der Waals surface area contributed by atoms with Gasteiger partial charge in [-0.05, 0) is 32.9 Å². The molecule has 1 fully saturated rings. The lowest BCUT2D eigenvalue weighted by atomic mass is 9.80. The van der Waals surface area contributed by atoms with Crippen LogP contribution in [0.25, 0.3) is 0 Å². The number of piperidine rings is 1. The molecule has 0 aromatic rings. The van der Waals surface area contributed by atoms with E-state index in [1.54, 1.807) is 6.92 Å². The number of nitrogens with zero attached hydrogens (tertiary/aromatic N) is 1. The Kier molecular flexibility index (Phi) is 5.07. The average Bonchev–Trinajstić information content (AvgIpc) is 2.07. The van der Waals surface area contributed by atoms with E-state index in [2.05, 4.69) is 0 Å². The van der Waals surface area contributed by atoms with Gasteiger partial charge in [0.25, 0.3) is 0 Å². The summed E-state index contributed by atoms with van der Waals surface area (Å²) in [6.07, 6.45) is -3.65. The zero-order chi connectivity index (χ0) is 11.7. The number of rotatable bonds is 2. The SMILES string of the molecule is CC1(C(=O)O)CCN(CC(F)(F)F)CC1.Cl. The van der Waals surface area contributed by atoms with Crippen molar-refractivity contribution in [3.63, 3.8) is 0 Å². The molecule has 16 heavy (non-hydrogen) atoms. The van der Waals surface area contributed by atoms with Crippen LogP contribution < -0.4 is 0 Å². The Labute approximate surface area is 98.0 Å². The van der Waals surface area contributed by atoms with Gasteiger partial charge < -0.3 is 5.11 Å². The van der Waals surface area contributed by atoms with E-state index in [0.29, 0.717) is 0 Å². The molecule has 1 heterocycles. The van der Waals surface area contributed by atoms with Gasteiger partial charge in [-0.2, -0.15) is 13.2 Å². The summed E-state index contributed by atoms with van der Waals surface area (Å²) in [7, 11) is 0. The average molecular weight is 262 g/mol. The van der Waals surface area contributed by atoms with Crippen molar-refractivity contribution in [1.82, 2.24) is 4.90 Å². The van der Waals surface area contributed by atoms with Crippen LogP contribution in [0.4, 0.5) is 13.2 Å². The fourth-order valence-electron chi connectivity index (χ4n) is 1.67. The third kappa shape index (κ3) is 4.17. The highest BCUT2D eigenvalue weighted by atomic mass is 35.5. The zero-order valence-corrected chi connectivity index (χ0v) is 9.70. The number of carbonyl (C=O) groups is 1. The number of hydrogen-bond donors (Lipinski definition) is 1. The first kappa shape index (κ1) is 15.5. The first-order valence-corrected chi connectivity index (χ1v) is 4.75. The molecule has 1 aliphatic rings. The quantitative estimate of drug-likeness (QED) is 0.828. The zero-order valence-electron chi connectivity index (χ0n) is 8.88. The van der Waals surface area contributed by atoms with Crippen LogP contribution in [0.15, 0.2) is 0 Å². The largest absolute Gasteiger partial charge is 0.481 e. The fourth-order valence-corrected chi connectivity index (χ4v) is 1.67. The van der Waals surface area contributed by atoms with Crippen molar-refractivity contribution in [2.45, 2.75) is 25.9 Å². The molecule has 0 bridgehead atoms. The number of carboxylic acid groups (broad SMARTS) is 1. The molecule has 0 aliphatic carbocycles. The normalized spacial score (nSPS) is 21.2. The van der Waals surface area contributed by atoms with Crippen LogP contribution in [0.1, 0.15) is 19.8 Å². The van der Waals surface area contributed by atoms with E-state index in [4.69, 9.17) is 5.11 Å². The van der Waals surface area contributed by atoms with Crippen molar-refractivity contribution in [3.05, 3.63) is 0 Å². The molecule has 3 nitrogen and oxygen atoms in total. The van der Waals surface area contributed by atoms with E-state index in [0.717, 1.165) is 0 Å². The van der Waals surface area contributed by atoms with Crippen molar-refractivity contribution in [1.29, 1.82) is 0 Å². The van der Waals surface area contributed by atoms with Crippen LogP contribution in [0, 0.1) is 5.41 Å². The Hall–Kier alpha value is -0.490. The highest BCUT2D eigenvalue weighted by Gasteiger charge is 2.39. The van der Waals surface area contributed by atoms with Gasteiger partial charge in [0.05, 0.1) is 12.0 Å². The minimum atomic E-state index is -4.20. The summed E-state index contributed by atoms with van der Waals surface area (Å²) in [6.45, 7) is 1.04. The second kappa shape index (κ2) is 5.23. The lowest BCUT2D eigenvalue weighted by Gasteiger charge is -2.36. The number of hydrogen-bond acceptors (Lipinski definition) is 2. The molecule has 1 rings (SSSR count). The first-order chi connectivity index (χ1) is 6.73. The Morgan fingerprint density at radius 2 is 1.81 bits per heavy atom. The minimum Gasteiger partial charge on any atom is -0.481 e. The summed E-state index contributed by atoms with van der Waals surface area (Å²) in [5, 5.41) is 8.88. The lowest BCUT2D eigenvalue weighted by molar-refractivity contribution is -0.159. The summed E-state index contributed by atoms with van der Waals surface area (Å²) in [4.78, 5) is 12.1. The van der Waals surface area contributed by atoms with Gasteiger partial charge >= 0.3 is 12.1 Å². The van der Waals surface area contributed by atoms with Crippen molar-refractivity contribution < 1.29 is 23.1 Å². The van der Waals surface area contributed by atoms with Crippen LogP contribution in [0.5, 0.6) is 0 Å². The fraction of sp³-hybridized carbons (Fsp3) is 0.889. The van der Waals surface area contributed by atoms with Crippen LogP contribution in [-0.2, 0) is 4.79 Å². The van der Waals surface area contributed by atoms with Gasteiger partial charge in [-0.1, -0.05) is 0 Å². The second-order valence-corrected chi connectivity index (χ2v) is 4.26. The molecular formula is C9H15ClF3NO2. The highest BCUT2D eigenvalue weighted by Crippen LogP contribution is 2.32. The maximum atomic E-state index is 12.0. The molecule has 96 valence electrons. The molecule has 0 spiro atoms. The molecule has 1 N–H and O–H groups in total. The first-order valence-electron chi connectivity index (χ1n) is 4.75. The number of alkyl halides is 3. The molecule has 0 aromatic carbocycles. The molecular weight excluding hydrogens is 247 g/mol. The monoisotopic (exact) mass is 261 g/mol. The number of aliphatic carboxylic acids is 1. The van der Waals surface area contributed by atoms with E-state index >= 15 is 0 Å². The molecule has 0 atom stereocenters. The Bertz CT molecular complexity index is 250. The summed E-state index contributed by atoms with van der Waals surface area (Å²) in [6, 6.07) is 0. The van der Waals surface area contributed by atoms with E-state index < -0.39 is 24.1 Å².